The van der Waals surface area contributed by atoms with Crippen LogP contribution in [-0.2, 0) is 11.3 Å². The molecule has 0 bridgehead atoms. The summed E-state index contributed by atoms with van der Waals surface area (Å²) in [6.07, 6.45) is -0.476. The lowest BCUT2D eigenvalue weighted by molar-refractivity contribution is -0.139. The van der Waals surface area contributed by atoms with E-state index in [0.717, 1.165) is 18.7 Å². The molecule has 128 valence electrons. The van der Waals surface area contributed by atoms with Gasteiger partial charge in [-0.15, -0.1) is 0 Å². The average molecular weight is 324 g/mol. The molecule has 7 heteroatoms. The highest BCUT2D eigenvalue weighted by atomic mass is 16.5. The topological polar surface area (TPSA) is 93.5 Å². The Balaban J connectivity index is 1.99. The minimum atomic E-state index is -1.01. The summed E-state index contributed by atoms with van der Waals surface area (Å²) in [5, 5.41) is 27.9. The Bertz CT molecular complexity index is 511. The molecule has 1 aromatic carbocycles. The van der Waals surface area contributed by atoms with E-state index in [1.54, 1.807) is 12.1 Å². The number of para-hydroxylation sites is 1. The van der Waals surface area contributed by atoms with E-state index in [1.807, 2.05) is 17.0 Å². The van der Waals surface area contributed by atoms with Crippen molar-refractivity contribution in [2.45, 2.75) is 12.6 Å². The molecular formula is C16H24N2O5. The molecular weight excluding hydrogens is 300 g/mol. The molecule has 7 nitrogen and oxygen atoms in total. The van der Waals surface area contributed by atoms with Crippen molar-refractivity contribution in [2.75, 3.05) is 45.9 Å². The van der Waals surface area contributed by atoms with Crippen LogP contribution in [0.4, 0.5) is 0 Å². The zero-order valence-electron chi connectivity index (χ0n) is 13.1. The maximum Gasteiger partial charge on any atom is 0.341 e. The van der Waals surface area contributed by atoms with Crippen molar-refractivity contribution in [2.24, 2.45) is 0 Å². The Morgan fingerprint density at radius 1 is 1.22 bits per heavy atom. The van der Waals surface area contributed by atoms with Crippen molar-refractivity contribution >= 4 is 5.97 Å². The number of rotatable bonds is 7. The van der Waals surface area contributed by atoms with E-state index in [4.69, 9.17) is 14.9 Å². The van der Waals surface area contributed by atoms with Crippen LogP contribution in [0.1, 0.15) is 5.56 Å². The molecule has 1 aliphatic heterocycles. The Morgan fingerprint density at radius 2 is 1.91 bits per heavy atom. The van der Waals surface area contributed by atoms with E-state index in [0.29, 0.717) is 31.9 Å². The molecule has 0 amide bonds. The number of ether oxygens (including phenoxy) is 1. The van der Waals surface area contributed by atoms with Crippen LogP contribution in [0.25, 0.3) is 0 Å². The highest BCUT2D eigenvalue weighted by Gasteiger charge is 2.21. The Kier molecular flexibility index (Phi) is 6.79. The fraction of sp³-hybridized carbons (Fsp3) is 0.562. The SMILES string of the molecule is O=C(O)COc1ccccc1CN1CCN(CCO)C[C@@H](O)C1. The third-order valence-corrected chi connectivity index (χ3v) is 3.80. The highest BCUT2D eigenvalue weighted by Crippen LogP contribution is 2.20. The van der Waals surface area contributed by atoms with Gasteiger partial charge in [0.25, 0.3) is 0 Å². The molecule has 0 radical (unpaired) electrons. The summed E-state index contributed by atoms with van der Waals surface area (Å²) >= 11 is 0. The first kappa shape index (κ1) is 17.7. The normalized spacial score (nSPS) is 20.2. The summed E-state index contributed by atoms with van der Waals surface area (Å²) in [5.41, 5.74) is 0.900. The number of carboxylic acids is 1. The molecule has 1 aliphatic rings. The van der Waals surface area contributed by atoms with Gasteiger partial charge >= 0.3 is 5.97 Å². The van der Waals surface area contributed by atoms with Crippen molar-refractivity contribution in [1.29, 1.82) is 0 Å². The van der Waals surface area contributed by atoms with E-state index in [2.05, 4.69) is 4.90 Å². The van der Waals surface area contributed by atoms with Crippen molar-refractivity contribution in [3.05, 3.63) is 29.8 Å². The molecule has 0 saturated carbocycles. The first-order chi connectivity index (χ1) is 11.1. The van der Waals surface area contributed by atoms with Gasteiger partial charge in [-0.25, -0.2) is 4.79 Å². The number of aliphatic carboxylic acids is 1. The lowest BCUT2D eigenvalue weighted by Crippen LogP contribution is -2.34. The number of benzene rings is 1. The van der Waals surface area contributed by atoms with Crippen LogP contribution in [0.15, 0.2) is 24.3 Å². The summed E-state index contributed by atoms with van der Waals surface area (Å²) in [4.78, 5) is 14.8. The molecule has 0 aliphatic carbocycles. The second-order valence-corrected chi connectivity index (χ2v) is 5.70. The van der Waals surface area contributed by atoms with Gasteiger partial charge in [-0.05, 0) is 6.07 Å². The third-order valence-electron chi connectivity index (χ3n) is 3.80. The van der Waals surface area contributed by atoms with Crippen LogP contribution in [0, 0.1) is 0 Å². The minimum absolute atomic E-state index is 0.0819. The predicted octanol–water partition coefficient (Wildman–Crippen LogP) is -0.379. The number of carbonyl (C=O) groups is 1. The lowest BCUT2D eigenvalue weighted by Gasteiger charge is -2.22. The van der Waals surface area contributed by atoms with Crippen LogP contribution in [0.5, 0.6) is 5.75 Å². The number of β-amino-alcohol motifs (C(OH)–C–C–N with tert-alkyl or cyclic N) is 2. The van der Waals surface area contributed by atoms with Gasteiger partial charge in [0.2, 0.25) is 0 Å². The van der Waals surface area contributed by atoms with E-state index < -0.39 is 12.1 Å². The second-order valence-electron chi connectivity index (χ2n) is 5.70. The highest BCUT2D eigenvalue weighted by molar-refractivity contribution is 5.68. The molecule has 1 fully saturated rings. The second kappa shape index (κ2) is 8.83. The zero-order valence-corrected chi connectivity index (χ0v) is 13.1. The average Bonchev–Trinajstić information content (AvgIpc) is 2.68. The van der Waals surface area contributed by atoms with Crippen molar-refractivity contribution < 1.29 is 24.9 Å². The molecule has 1 aromatic rings. The van der Waals surface area contributed by atoms with Crippen LogP contribution >= 0.6 is 0 Å². The number of carboxylic acid groups (broad SMARTS) is 1. The number of aliphatic hydroxyl groups excluding tert-OH is 2. The molecule has 1 saturated heterocycles. The summed E-state index contributed by atoms with van der Waals surface area (Å²) in [5.74, 6) is -0.453. The summed E-state index contributed by atoms with van der Waals surface area (Å²) in [6.45, 7) is 3.48. The maximum atomic E-state index is 10.7. The van der Waals surface area contributed by atoms with Gasteiger partial charge in [0, 0.05) is 44.8 Å². The largest absolute Gasteiger partial charge is 0.482 e. The number of nitrogens with zero attached hydrogens (tertiary/aromatic N) is 2. The third kappa shape index (κ3) is 5.80. The van der Waals surface area contributed by atoms with Crippen LogP contribution in [0.2, 0.25) is 0 Å². The first-order valence-electron chi connectivity index (χ1n) is 7.74. The van der Waals surface area contributed by atoms with Crippen LogP contribution in [0.3, 0.4) is 0 Å². The lowest BCUT2D eigenvalue weighted by atomic mass is 10.2. The van der Waals surface area contributed by atoms with Crippen molar-refractivity contribution in [3.63, 3.8) is 0 Å². The zero-order chi connectivity index (χ0) is 16.7. The molecule has 1 atom stereocenters. The van der Waals surface area contributed by atoms with Gasteiger partial charge in [-0.3, -0.25) is 9.80 Å². The van der Waals surface area contributed by atoms with Gasteiger partial charge in [0.15, 0.2) is 6.61 Å². The summed E-state index contributed by atoms with van der Waals surface area (Å²) < 4.78 is 5.33. The number of hydrogen-bond donors (Lipinski definition) is 3. The molecule has 0 aromatic heterocycles. The summed E-state index contributed by atoms with van der Waals surface area (Å²) in [6, 6.07) is 7.35. The fourth-order valence-corrected chi connectivity index (χ4v) is 2.76. The van der Waals surface area contributed by atoms with Gasteiger partial charge in [0.05, 0.1) is 12.7 Å². The van der Waals surface area contributed by atoms with Gasteiger partial charge in [0.1, 0.15) is 5.75 Å². The molecule has 1 heterocycles. The van der Waals surface area contributed by atoms with Crippen LogP contribution < -0.4 is 4.74 Å². The van der Waals surface area contributed by atoms with E-state index in [1.165, 1.54) is 0 Å². The molecule has 3 N–H and O–H groups in total. The predicted molar refractivity (Wildman–Crippen MR) is 84.4 cm³/mol. The quantitative estimate of drug-likeness (QED) is 0.629. The molecule has 2 rings (SSSR count). The summed E-state index contributed by atoms with van der Waals surface area (Å²) in [7, 11) is 0. The molecule has 0 spiro atoms. The fourth-order valence-electron chi connectivity index (χ4n) is 2.76. The van der Waals surface area contributed by atoms with E-state index >= 15 is 0 Å². The first-order valence-corrected chi connectivity index (χ1v) is 7.74. The van der Waals surface area contributed by atoms with Crippen molar-refractivity contribution in [1.82, 2.24) is 9.80 Å². The number of hydrogen-bond acceptors (Lipinski definition) is 6. The Hall–Kier alpha value is -1.67. The maximum absolute atomic E-state index is 10.7. The monoisotopic (exact) mass is 324 g/mol. The molecule has 0 unspecified atom stereocenters. The van der Waals surface area contributed by atoms with Gasteiger partial charge in [-0.2, -0.15) is 0 Å². The Labute approximate surface area is 135 Å². The van der Waals surface area contributed by atoms with Crippen LogP contribution in [-0.4, -0.2) is 83.1 Å². The smallest absolute Gasteiger partial charge is 0.341 e. The van der Waals surface area contributed by atoms with Gasteiger partial charge < -0.3 is 20.1 Å². The van der Waals surface area contributed by atoms with Crippen molar-refractivity contribution in [3.8, 4) is 5.75 Å². The Morgan fingerprint density at radius 3 is 2.65 bits per heavy atom. The van der Waals surface area contributed by atoms with E-state index in [-0.39, 0.29) is 13.2 Å². The number of aliphatic hydroxyl groups is 2. The molecule has 23 heavy (non-hydrogen) atoms. The van der Waals surface area contributed by atoms with E-state index in [9.17, 15) is 9.90 Å². The van der Waals surface area contributed by atoms with Gasteiger partial charge in [-0.1, -0.05) is 18.2 Å². The standard InChI is InChI=1S/C16H24N2O5/c19-8-7-17-5-6-18(11-14(20)10-17)9-13-3-1-2-4-15(13)23-12-16(21)22/h1-4,14,19-20H,5-12H2,(H,21,22)/t14-/m1/s1. The minimum Gasteiger partial charge on any atom is -0.482 e.